The third-order valence-corrected chi connectivity index (χ3v) is 2.52. The van der Waals surface area contributed by atoms with Crippen LogP contribution in [0, 0.1) is 0 Å². The monoisotopic (exact) mass is 279 g/mol. The molecule has 20 heavy (non-hydrogen) atoms. The molecular formula is C13H21N5O2. The Hall–Kier alpha value is -2.15. The summed E-state index contributed by atoms with van der Waals surface area (Å²) in [4.78, 5) is 19.4. The van der Waals surface area contributed by atoms with Crippen molar-refractivity contribution in [2.75, 3.05) is 13.7 Å². The largest absolute Gasteiger partial charge is 0.362 e. The first-order valence-electron chi connectivity index (χ1n) is 6.42. The number of pyridine rings is 1. The maximum atomic E-state index is 10.9. The zero-order chi connectivity index (χ0) is 14.8. The predicted octanol–water partition coefficient (Wildman–Crippen LogP) is 0.621. The zero-order valence-corrected chi connectivity index (χ0v) is 11.8. The van der Waals surface area contributed by atoms with E-state index < -0.39 is 6.03 Å². The Labute approximate surface area is 118 Å². The van der Waals surface area contributed by atoms with Gasteiger partial charge in [-0.05, 0) is 31.9 Å². The van der Waals surface area contributed by atoms with Crippen LogP contribution in [0.3, 0.4) is 0 Å². The van der Waals surface area contributed by atoms with Gasteiger partial charge in [-0.25, -0.2) is 4.79 Å². The van der Waals surface area contributed by atoms with Crippen molar-refractivity contribution in [3.8, 4) is 0 Å². The average molecular weight is 279 g/mol. The number of ether oxygens (including phenoxy) is 1. The van der Waals surface area contributed by atoms with Gasteiger partial charge in [-0.15, -0.1) is 0 Å². The molecule has 1 aromatic heterocycles. The van der Waals surface area contributed by atoms with Crippen molar-refractivity contribution in [1.82, 2.24) is 15.6 Å². The number of amides is 2. The lowest BCUT2D eigenvalue weighted by molar-refractivity contribution is 0.106. The molecule has 1 heterocycles. The maximum Gasteiger partial charge on any atom is 0.318 e. The molecule has 0 fully saturated rings. The Morgan fingerprint density at radius 1 is 1.55 bits per heavy atom. The molecule has 0 aliphatic carbocycles. The molecule has 7 heteroatoms. The average Bonchev–Trinajstić information content (AvgIpc) is 2.43. The molecule has 0 aliphatic rings. The van der Waals surface area contributed by atoms with Crippen LogP contribution in [-0.4, -0.2) is 36.9 Å². The Morgan fingerprint density at radius 2 is 2.35 bits per heavy atom. The number of carbonyl (C=O) groups excluding carboxylic acids is 1. The molecule has 0 aliphatic heterocycles. The van der Waals surface area contributed by atoms with Crippen molar-refractivity contribution in [2.45, 2.75) is 26.0 Å². The van der Waals surface area contributed by atoms with Gasteiger partial charge in [0.1, 0.15) is 6.23 Å². The first-order valence-corrected chi connectivity index (χ1v) is 6.42. The van der Waals surface area contributed by atoms with Crippen molar-refractivity contribution in [1.29, 1.82) is 0 Å². The number of rotatable bonds is 6. The van der Waals surface area contributed by atoms with Crippen molar-refractivity contribution >= 4 is 12.0 Å². The van der Waals surface area contributed by atoms with Crippen molar-refractivity contribution in [2.24, 2.45) is 10.7 Å². The number of urea groups is 1. The van der Waals surface area contributed by atoms with E-state index in [9.17, 15) is 4.79 Å². The topological polar surface area (TPSA) is 102 Å². The molecule has 0 spiro atoms. The fraction of sp³-hybridized carbons (Fsp3) is 0.462. The number of aryl methyl sites for hydroxylation is 1. The van der Waals surface area contributed by atoms with E-state index in [2.05, 4.69) is 20.6 Å². The Balaban J connectivity index is 2.43. The molecule has 2 amide bonds. The highest BCUT2D eigenvalue weighted by molar-refractivity contribution is 5.95. The van der Waals surface area contributed by atoms with Gasteiger partial charge in [0.15, 0.2) is 0 Å². The smallest absolute Gasteiger partial charge is 0.318 e. The SMILES string of the molecule is COC(C)NC(=NCCCc1ccccn1)NC(N)=O. The molecule has 1 unspecified atom stereocenters. The number of primary amides is 1. The van der Waals surface area contributed by atoms with Crippen LogP contribution in [0.2, 0.25) is 0 Å². The normalized spacial score (nSPS) is 12.8. The number of aromatic nitrogens is 1. The minimum absolute atomic E-state index is 0.267. The van der Waals surface area contributed by atoms with E-state index in [0.717, 1.165) is 18.5 Å². The van der Waals surface area contributed by atoms with Gasteiger partial charge in [-0.2, -0.15) is 0 Å². The molecule has 7 nitrogen and oxygen atoms in total. The highest BCUT2D eigenvalue weighted by Crippen LogP contribution is 1.98. The number of aliphatic imine (C=N–C) groups is 1. The molecule has 1 rings (SSSR count). The van der Waals surface area contributed by atoms with Gasteiger partial charge in [0.2, 0.25) is 5.96 Å². The lowest BCUT2D eigenvalue weighted by Crippen LogP contribution is -2.47. The highest BCUT2D eigenvalue weighted by atomic mass is 16.5. The van der Waals surface area contributed by atoms with Crippen molar-refractivity contribution < 1.29 is 9.53 Å². The Bertz CT molecular complexity index is 436. The minimum Gasteiger partial charge on any atom is -0.362 e. The Morgan fingerprint density at radius 3 is 2.95 bits per heavy atom. The van der Waals surface area contributed by atoms with Gasteiger partial charge in [-0.3, -0.25) is 15.3 Å². The number of nitrogens with two attached hydrogens (primary N) is 1. The predicted molar refractivity (Wildman–Crippen MR) is 77.2 cm³/mol. The molecule has 1 atom stereocenters. The van der Waals surface area contributed by atoms with E-state index in [0.29, 0.717) is 12.5 Å². The van der Waals surface area contributed by atoms with E-state index in [4.69, 9.17) is 10.5 Å². The summed E-state index contributed by atoms with van der Waals surface area (Å²) in [5, 5.41) is 5.32. The lowest BCUT2D eigenvalue weighted by atomic mass is 10.2. The molecule has 4 N–H and O–H groups in total. The first-order chi connectivity index (χ1) is 9.61. The summed E-state index contributed by atoms with van der Waals surface area (Å²) in [7, 11) is 1.56. The molecule has 110 valence electrons. The molecular weight excluding hydrogens is 258 g/mol. The van der Waals surface area contributed by atoms with Gasteiger partial charge in [0.05, 0.1) is 0 Å². The third kappa shape index (κ3) is 6.69. The van der Waals surface area contributed by atoms with E-state index in [-0.39, 0.29) is 6.23 Å². The number of hydrogen-bond acceptors (Lipinski definition) is 4. The minimum atomic E-state index is -0.663. The van der Waals surface area contributed by atoms with Gasteiger partial charge < -0.3 is 15.8 Å². The van der Waals surface area contributed by atoms with Crippen LogP contribution in [0.15, 0.2) is 29.4 Å². The molecule has 0 aromatic carbocycles. The summed E-state index contributed by atoms with van der Waals surface area (Å²) < 4.78 is 5.04. The summed E-state index contributed by atoms with van der Waals surface area (Å²) in [6.45, 7) is 2.35. The first kappa shape index (κ1) is 15.9. The second kappa shape index (κ2) is 8.87. The van der Waals surface area contributed by atoms with E-state index >= 15 is 0 Å². The molecule has 0 saturated carbocycles. The highest BCUT2D eigenvalue weighted by Gasteiger charge is 2.05. The lowest BCUT2D eigenvalue weighted by Gasteiger charge is -2.15. The zero-order valence-electron chi connectivity index (χ0n) is 11.8. The van der Waals surface area contributed by atoms with Crippen molar-refractivity contribution in [3.63, 3.8) is 0 Å². The summed E-state index contributed by atoms with van der Waals surface area (Å²) in [5.41, 5.74) is 6.10. The van der Waals surface area contributed by atoms with Crippen LogP contribution >= 0.6 is 0 Å². The molecule has 0 bridgehead atoms. The fourth-order valence-electron chi connectivity index (χ4n) is 1.49. The van der Waals surface area contributed by atoms with Crippen LogP contribution in [0.1, 0.15) is 19.0 Å². The number of nitrogens with zero attached hydrogens (tertiary/aromatic N) is 2. The van der Waals surface area contributed by atoms with Crippen molar-refractivity contribution in [3.05, 3.63) is 30.1 Å². The van der Waals surface area contributed by atoms with Crippen LogP contribution < -0.4 is 16.4 Å². The van der Waals surface area contributed by atoms with Gasteiger partial charge in [0.25, 0.3) is 0 Å². The van der Waals surface area contributed by atoms with E-state index in [1.807, 2.05) is 18.2 Å². The molecule has 1 aromatic rings. The van der Waals surface area contributed by atoms with Crippen LogP contribution in [0.25, 0.3) is 0 Å². The number of nitrogens with one attached hydrogen (secondary N) is 2. The molecule has 0 radical (unpaired) electrons. The van der Waals surface area contributed by atoms with Crippen LogP contribution in [0.5, 0.6) is 0 Å². The van der Waals surface area contributed by atoms with Crippen LogP contribution in [-0.2, 0) is 11.2 Å². The summed E-state index contributed by atoms with van der Waals surface area (Å²) >= 11 is 0. The quantitative estimate of drug-likeness (QED) is 0.307. The second-order valence-corrected chi connectivity index (χ2v) is 4.17. The van der Waals surface area contributed by atoms with Gasteiger partial charge >= 0.3 is 6.03 Å². The summed E-state index contributed by atoms with van der Waals surface area (Å²) in [6.07, 6.45) is 3.15. The van der Waals surface area contributed by atoms with E-state index in [1.54, 1.807) is 20.2 Å². The summed E-state index contributed by atoms with van der Waals surface area (Å²) in [6, 6.07) is 5.14. The number of hydrogen-bond donors (Lipinski definition) is 3. The number of methoxy groups -OCH3 is 1. The second-order valence-electron chi connectivity index (χ2n) is 4.17. The third-order valence-electron chi connectivity index (χ3n) is 2.52. The van der Waals surface area contributed by atoms with Crippen LogP contribution in [0.4, 0.5) is 4.79 Å². The van der Waals surface area contributed by atoms with E-state index in [1.165, 1.54) is 0 Å². The maximum absolute atomic E-state index is 10.9. The number of carbonyl (C=O) groups is 1. The van der Waals surface area contributed by atoms with Gasteiger partial charge in [-0.1, -0.05) is 6.07 Å². The molecule has 0 saturated heterocycles. The Kier molecular flexibility index (Phi) is 7.05. The summed E-state index contributed by atoms with van der Waals surface area (Å²) in [5.74, 6) is 0.313. The van der Waals surface area contributed by atoms with Gasteiger partial charge in [0, 0.05) is 25.5 Å². The standard InChI is InChI=1S/C13H21N5O2/c1-10(20-2)17-13(18-12(14)19)16-9-5-7-11-6-3-4-8-15-11/h3-4,6,8,10H,5,7,9H2,1-2H3,(H4,14,16,17,18,19). The number of guanidine groups is 1. The fourth-order valence-corrected chi connectivity index (χ4v) is 1.49.